The smallest absolute Gasteiger partial charge is 0.330 e. The molecule has 0 N–H and O–H groups in total. The third-order valence-corrected chi connectivity index (χ3v) is 3.54. The number of likely N-dealkylation sites (N-methyl/N-ethyl adjacent to an activating group) is 1. The highest BCUT2D eigenvalue weighted by Gasteiger charge is 2.28. The summed E-state index contributed by atoms with van der Waals surface area (Å²) in [5.41, 5.74) is 1.18. The lowest BCUT2D eigenvalue weighted by atomic mass is 9.97. The second-order valence-electron chi connectivity index (χ2n) is 4.66. The molecule has 0 amide bonds. The molecular formula is C17H26ClNO2. The first-order valence-corrected chi connectivity index (χ1v) is 7.29. The van der Waals surface area contributed by atoms with Crippen LogP contribution in [0.1, 0.15) is 38.8 Å². The van der Waals surface area contributed by atoms with Crippen LogP contribution < -0.4 is 0 Å². The molecule has 0 heterocycles. The average molecular weight is 312 g/mol. The Hall–Kier alpha value is -1.32. The van der Waals surface area contributed by atoms with Crippen LogP contribution in [0.2, 0.25) is 0 Å². The highest BCUT2D eigenvalue weighted by atomic mass is 35.5. The van der Waals surface area contributed by atoms with E-state index in [4.69, 9.17) is 4.74 Å². The largest absolute Gasteiger partial charge is 0.457 e. The van der Waals surface area contributed by atoms with Gasteiger partial charge in [0.15, 0.2) is 0 Å². The molecule has 2 atom stereocenters. The van der Waals surface area contributed by atoms with Crippen molar-refractivity contribution in [3.63, 3.8) is 0 Å². The Bertz CT molecular complexity index is 418. The fourth-order valence-electron chi connectivity index (χ4n) is 2.50. The normalized spacial score (nSPS) is 13.1. The number of benzene rings is 1. The SMILES string of the molecule is C=CC(=O)OC(CC)C(c1ccccc1)N(CC)CC.Cl. The lowest BCUT2D eigenvalue weighted by Gasteiger charge is -2.35. The molecule has 0 aliphatic carbocycles. The van der Waals surface area contributed by atoms with Crippen molar-refractivity contribution in [3.05, 3.63) is 48.6 Å². The van der Waals surface area contributed by atoms with Crippen LogP contribution in [0.5, 0.6) is 0 Å². The number of carbonyl (C=O) groups excluding carboxylic acids is 1. The van der Waals surface area contributed by atoms with Gasteiger partial charge in [0.25, 0.3) is 0 Å². The van der Waals surface area contributed by atoms with Crippen molar-refractivity contribution in [2.45, 2.75) is 39.3 Å². The predicted octanol–water partition coefficient (Wildman–Crippen LogP) is 4.00. The van der Waals surface area contributed by atoms with Gasteiger partial charge in [0.05, 0.1) is 6.04 Å². The molecule has 4 heteroatoms. The first-order chi connectivity index (χ1) is 9.67. The van der Waals surface area contributed by atoms with Gasteiger partial charge in [-0.2, -0.15) is 0 Å². The third-order valence-electron chi connectivity index (χ3n) is 3.54. The summed E-state index contributed by atoms with van der Waals surface area (Å²) in [5.74, 6) is -0.357. The van der Waals surface area contributed by atoms with Crippen LogP contribution in [0.25, 0.3) is 0 Å². The number of carbonyl (C=O) groups is 1. The van der Waals surface area contributed by atoms with E-state index in [0.29, 0.717) is 0 Å². The van der Waals surface area contributed by atoms with Crippen molar-refractivity contribution in [2.75, 3.05) is 13.1 Å². The molecule has 1 aromatic carbocycles. The predicted molar refractivity (Wildman–Crippen MR) is 89.7 cm³/mol. The summed E-state index contributed by atoms with van der Waals surface area (Å²) < 4.78 is 5.55. The van der Waals surface area contributed by atoms with Crippen LogP contribution in [-0.4, -0.2) is 30.1 Å². The van der Waals surface area contributed by atoms with Crippen LogP contribution in [0.15, 0.2) is 43.0 Å². The van der Waals surface area contributed by atoms with Gasteiger partial charge in [-0.15, -0.1) is 12.4 Å². The van der Waals surface area contributed by atoms with Gasteiger partial charge >= 0.3 is 5.97 Å². The second-order valence-corrected chi connectivity index (χ2v) is 4.66. The molecular weight excluding hydrogens is 286 g/mol. The Kier molecular flexibility index (Phi) is 9.76. The van der Waals surface area contributed by atoms with E-state index in [1.807, 2.05) is 25.1 Å². The van der Waals surface area contributed by atoms with Gasteiger partial charge in [0.2, 0.25) is 0 Å². The summed E-state index contributed by atoms with van der Waals surface area (Å²) in [7, 11) is 0. The molecule has 0 bridgehead atoms. The van der Waals surface area contributed by atoms with E-state index in [9.17, 15) is 4.79 Å². The number of hydrogen-bond acceptors (Lipinski definition) is 3. The molecule has 0 saturated heterocycles. The standard InChI is InChI=1S/C17H25NO2.ClH/c1-5-15(20-16(19)6-2)17(18(7-3)8-4)14-12-10-9-11-13-14;/h6,9-13,15,17H,2,5,7-8H2,1,3-4H3;1H. The van der Waals surface area contributed by atoms with Gasteiger partial charge < -0.3 is 4.74 Å². The minimum atomic E-state index is -0.357. The lowest BCUT2D eigenvalue weighted by Crippen LogP contribution is -2.38. The van der Waals surface area contributed by atoms with Crippen molar-refractivity contribution < 1.29 is 9.53 Å². The molecule has 21 heavy (non-hydrogen) atoms. The van der Waals surface area contributed by atoms with Crippen LogP contribution in [0.3, 0.4) is 0 Å². The van der Waals surface area contributed by atoms with Crippen molar-refractivity contribution in [1.82, 2.24) is 4.90 Å². The van der Waals surface area contributed by atoms with E-state index in [1.54, 1.807) is 0 Å². The van der Waals surface area contributed by atoms with E-state index in [0.717, 1.165) is 19.5 Å². The van der Waals surface area contributed by atoms with E-state index in [-0.39, 0.29) is 30.5 Å². The monoisotopic (exact) mass is 311 g/mol. The molecule has 0 spiro atoms. The van der Waals surface area contributed by atoms with Gasteiger partial charge in [-0.25, -0.2) is 4.79 Å². The van der Waals surface area contributed by atoms with Crippen molar-refractivity contribution in [2.24, 2.45) is 0 Å². The summed E-state index contributed by atoms with van der Waals surface area (Å²) >= 11 is 0. The molecule has 0 fully saturated rings. The summed E-state index contributed by atoms with van der Waals surface area (Å²) in [5, 5.41) is 0. The molecule has 0 aliphatic rings. The Morgan fingerprint density at radius 1 is 1.24 bits per heavy atom. The summed E-state index contributed by atoms with van der Waals surface area (Å²) in [6.07, 6.45) is 1.84. The first kappa shape index (κ1) is 19.7. The minimum absolute atomic E-state index is 0. The second kappa shape index (κ2) is 10.4. The number of halogens is 1. The maximum Gasteiger partial charge on any atom is 0.330 e. The highest BCUT2D eigenvalue weighted by molar-refractivity contribution is 5.85. The van der Waals surface area contributed by atoms with E-state index < -0.39 is 0 Å². The maximum atomic E-state index is 11.6. The van der Waals surface area contributed by atoms with Crippen LogP contribution in [-0.2, 0) is 9.53 Å². The van der Waals surface area contributed by atoms with E-state index in [1.165, 1.54) is 11.6 Å². The van der Waals surface area contributed by atoms with Crippen molar-refractivity contribution >= 4 is 18.4 Å². The molecule has 1 rings (SSSR count). The van der Waals surface area contributed by atoms with Crippen LogP contribution in [0.4, 0.5) is 0 Å². The fourth-order valence-corrected chi connectivity index (χ4v) is 2.50. The molecule has 0 saturated carbocycles. The number of esters is 1. The van der Waals surface area contributed by atoms with Gasteiger partial charge in [-0.1, -0.05) is 57.7 Å². The third kappa shape index (κ3) is 5.52. The highest BCUT2D eigenvalue weighted by Crippen LogP contribution is 2.28. The Labute approximate surface area is 134 Å². The Morgan fingerprint density at radius 3 is 2.24 bits per heavy atom. The number of nitrogens with zero attached hydrogens (tertiary/aromatic N) is 1. The molecule has 0 aliphatic heterocycles. The van der Waals surface area contributed by atoms with E-state index in [2.05, 4.69) is 37.5 Å². The van der Waals surface area contributed by atoms with Gasteiger partial charge in [-0.3, -0.25) is 4.90 Å². The summed E-state index contributed by atoms with van der Waals surface area (Å²) in [4.78, 5) is 13.9. The summed E-state index contributed by atoms with van der Waals surface area (Å²) in [6, 6.07) is 10.3. The molecule has 0 aromatic heterocycles. The molecule has 3 nitrogen and oxygen atoms in total. The zero-order valence-corrected chi connectivity index (χ0v) is 13.9. The van der Waals surface area contributed by atoms with Gasteiger partial charge in [0, 0.05) is 6.08 Å². The van der Waals surface area contributed by atoms with Gasteiger partial charge in [0.1, 0.15) is 6.10 Å². The van der Waals surface area contributed by atoms with Gasteiger partial charge in [-0.05, 0) is 25.1 Å². The summed E-state index contributed by atoms with van der Waals surface area (Å²) in [6.45, 7) is 11.6. The maximum absolute atomic E-state index is 11.6. The number of hydrogen-bond donors (Lipinski definition) is 0. The topological polar surface area (TPSA) is 29.5 Å². The zero-order valence-electron chi connectivity index (χ0n) is 13.1. The van der Waals surface area contributed by atoms with Crippen LogP contribution >= 0.6 is 12.4 Å². The minimum Gasteiger partial charge on any atom is -0.457 e. The number of rotatable bonds is 8. The van der Waals surface area contributed by atoms with Crippen molar-refractivity contribution in [1.29, 1.82) is 0 Å². The molecule has 1 aromatic rings. The zero-order chi connectivity index (χ0) is 15.0. The Balaban J connectivity index is 0.00000400. The molecule has 0 radical (unpaired) electrons. The average Bonchev–Trinajstić information content (AvgIpc) is 2.51. The van der Waals surface area contributed by atoms with Crippen LogP contribution in [0, 0.1) is 0 Å². The molecule has 118 valence electrons. The van der Waals surface area contributed by atoms with E-state index >= 15 is 0 Å². The lowest BCUT2D eigenvalue weighted by molar-refractivity contribution is -0.147. The quantitative estimate of drug-likeness (QED) is 0.537. The first-order valence-electron chi connectivity index (χ1n) is 7.29. The fraction of sp³-hybridized carbons (Fsp3) is 0.471. The molecule has 2 unspecified atom stereocenters. The number of ether oxygens (including phenoxy) is 1. The van der Waals surface area contributed by atoms with Crippen molar-refractivity contribution in [3.8, 4) is 0 Å². The Morgan fingerprint density at radius 2 is 1.81 bits per heavy atom.